The maximum atomic E-state index is 10.9. The summed E-state index contributed by atoms with van der Waals surface area (Å²) in [5.74, 6) is 0. The normalized spacial score (nSPS) is 25.6. The number of hydrogen-bond acceptors (Lipinski definition) is 2. The number of aryl methyl sites for hydroxylation is 2. The van der Waals surface area contributed by atoms with E-state index in [0.29, 0.717) is 12.7 Å². The molecule has 2 rings (SSSR count). The lowest BCUT2D eigenvalue weighted by Gasteiger charge is -2.29. The minimum absolute atomic E-state index is 0.549. The number of aliphatic hydroxyl groups is 1. The number of fused-ring (bicyclic) bond motifs is 1. The molecule has 1 aromatic rings. The topological polar surface area (TPSA) is 37.3 Å². The van der Waals surface area contributed by atoms with Crippen LogP contribution in [-0.2, 0) is 16.8 Å². The lowest BCUT2D eigenvalue weighted by Crippen LogP contribution is -2.32. The standard InChI is InChI=1S/C12H14O2/c1-9-4-5-10-3-2-6-12(14,8-13)11(10)7-9/h4-5,7-8,14H,2-3,6H2,1H3. The van der Waals surface area contributed by atoms with Gasteiger partial charge < -0.3 is 5.11 Å². The molecule has 0 bridgehead atoms. The second-order valence-electron chi connectivity index (χ2n) is 4.06. The lowest BCUT2D eigenvalue weighted by molar-refractivity contribution is -0.126. The molecule has 1 unspecified atom stereocenters. The first kappa shape index (κ1) is 9.41. The van der Waals surface area contributed by atoms with Crippen molar-refractivity contribution in [1.29, 1.82) is 0 Å². The van der Waals surface area contributed by atoms with Crippen molar-refractivity contribution in [1.82, 2.24) is 0 Å². The predicted octanol–water partition coefficient (Wildman–Crippen LogP) is 1.72. The van der Waals surface area contributed by atoms with Gasteiger partial charge in [0.05, 0.1) is 0 Å². The van der Waals surface area contributed by atoms with E-state index >= 15 is 0 Å². The Morgan fingerprint density at radius 2 is 2.29 bits per heavy atom. The highest BCUT2D eigenvalue weighted by molar-refractivity contribution is 5.67. The van der Waals surface area contributed by atoms with E-state index in [2.05, 4.69) is 0 Å². The molecule has 1 N–H and O–H groups in total. The van der Waals surface area contributed by atoms with E-state index in [-0.39, 0.29) is 0 Å². The molecular weight excluding hydrogens is 176 g/mol. The van der Waals surface area contributed by atoms with Gasteiger partial charge in [-0.05, 0) is 37.3 Å². The van der Waals surface area contributed by atoms with Crippen molar-refractivity contribution in [2.45, 2.75) is 31.8 Å². The maximum absolute atomic E-state index is 10.9. The molecule has 0 aromatic heterocycles. The van der Waals surface area contributed by atoms with E-state index in [0.717, 1.165) is 29.5 Å². The average molecular weight is 190 g/mol. The molecule has 1 aliphatic rings. The third-order valence-corrected chi connectivity index (χ3v) is 2.93. The van der Waals surface area contributed by atoms with Gasteiger partial charge in [-0.1, -0.05) is 23.8 Å². The summed E-state index contributed by atoms with van der Waals surface area (Å²) < 4.78 is 0. The predicted molar refractivity (Wildman–Crippen MR) is 54.1 cm³/mol. The van der Waals surface area contributed by atoms with Crippen LogP contribution in [0.15, 0.2) is 18.2 Å². The summed E-state index contributed by atoms with van der Waals surface area (Å²) in [6, 6.07) is 5.95. The van der Waals surface area contributed by atoms with E-state index in [1.165, 1.54) is 0 Å². The Labute approximate surface area is 83.6 Å². The first-order valence-corrected chi connectivity index (χ1v) is 4.94. The Hall–Kier alpha value is -1.15. The van der Waals surface area contributed by atoms with Gasteiger partial charge >= 0.3 is 0 Å². The molecule has 0 heterocycles. The van der Waals surface area contributed by atoms with Crippen LogP contribution in [0.2, 0.25) is 0 Å². The van der Waals surface area contributed by atoms with Gasteiger partial charge in [0.25, 0.3) is 0 Å². The quantitative estimate of drug-likeness (QED) is 0.684. The summed E-state index contributed by atoms with van der Waals surface area (Å²) in [5.41, 5.74) is 1.76. The highest BCUT2D eigenvalue weighted by Crippen LogP contribution is 2.34. The Morgan fingerprint density at radius 3 is 3.00 bits per heavy atom. The largest absolute Gasteiger partial charge is 0.378 e. The Balaban J connectivity index is 2.57. The van der Waals surface area contributed by atoms with Gasteiger partial charge in [-0.2, -0.15) is 0 Å². The van der Waals surface area contributed by atoms with Crippen LogP contribution in [0.25, 0.3) is 0 Å². The zero-order valence-corrected chi connectivity index (χ0v) is 8.29. The summed E-state index contributed by atoms with van der Waals surface area (Å²) in [4.78, 5) is 10.9. The number of carbonyl (C=O) groups excluding carboxylic acids is 1. The molecule has 14 heavy (non-hydrogen) atoms. The molecule has 1 atom stereocenters. The van der Waals surface area contributed by atoms with Crippen molar-refractivity contribution in [2.24, 2.45) is 0 Å². The van der Waals surface area contributed by atoms with E-state index in [1.54, 1.807) is 0 Å². The second kappa shape index (κ2) is 3.21. The van der Waals surface area contributed by atoms with Crippen molar-refractivity contribution < 1.29 is 9.90 Å². The molecule has 1 aliphatic carbocycles. The van der Waals surface area contributed by atoms with Crippen molar-refractivity contribution >= 4 is 6.29 Å². The molecule has 2 nitrogen and oxygen atoms in total. The molecule has 0 saturated heterocycles. The average Bonchev–Trinajstić information content (AvgIpc) is 2.20. The monoisotopic (exact) mass is 190 g/mol. The minimum Gasteiger partial charge on any atom is -0.378 e. The van der Waals surface area contributed by atoms with Crippen LogP contribution >= 0.6 is 0 Å². The van der Waals surface area contributed by atoms with Gasteiger partial charge in [-0.25, -0.2) is 0 Å². The van der Waals surface area contributed by atoms with Gasteiger partial charge in [-0.3, -0.25) is 4.79 Å². The fourth-order valence-electron chi connectivity index (χ4n) is 2.12. The zero-order valence-electron chi connectivity index (χ0n) is 8.29. The smallest absolute Gasteiger partial charge is 0.156 e. The molecule has 1 aromatic carbocycles. The lowest BCUT2D eigenvalue weighted by atomic mass is 9.79. The summed E-state index contributed by atoms with van der Waals surface area (Å²) in [7, 11) is 0. The van der Waals surface area contributed by atoms with Crippen molar-refractivity contribution in [3.63, 3.8) is 0 Å². The van der Waals surface area contributed by atoms with Crippen LogP contribution in [-0.4, -0.2) is 11.4 Å². The first-order valence-electron chi connectivity index (χ1n) is 4.94. The zero-order chi connectivity index (χ0) is 10.2. The molecule has 0 amide bonds. The van der Waals surface area contributed by atoms with Crippen LogP contribution in [0.3, 0.4) is 0 Å². The molecule has 2 heteroatoms. The van der Waals surface area contributed by atoms with E-state index in [9.17, 15) is 9.90 Å². The molecule has 0 aliphatic heterocycles. The van der Waals surface area contributed by atoms with Crippen LogP contribution < -0.4 is 0 Å². The maximum Gasteiger partial charge on any atom is 0.156 e. The van der Waals surface area contributed by atoms with Crippen molar-refractivity contribution in [3.8, 4) is 0 Å². The summed E-state index contributed by atoms with van der Waals surface area (Å²) in [5, 5.41) is 10.1. The van der Waals surface area contributed by atoms with Crippen molar-refractivity contribution in [3.05, 3.63) is 34.9 Å². The van der Waals surface area contributed by atoms with E-state index in [4.69, 9.17) is 0 Å². The second-order valence-corrected chi connectivity index (χ2v) is 4.06. The van der Waals surface area contributed by atoms with Gasteiger partial charge in [-0.15, -0.1) is 0 Å². The number of carbonyl (C=O) groups is 1. The highest BCUT2D eigenvalue weighted by atomic mass is 16.3. The summed E-state index contributed by atoms with van der Waals surface area (Å²) in [6.45, 7) is 1.97. The van der Waals surface area contributed by atoms with Gasteiger partial charge in [0.2, 0.25) is 0 Å². The fourth-order valence-corrected chi connectivity index (χ4v) is 2.12. The molecule has 0 fully saturated rings. The number of benzene rings is 1. The Morgan fingerprint density at radius 1 is 1.50 bits per heavy atom. The van der Waals surface area contributed by atoms with E-state index < -0.39 is 5.60 Å². The summed E-state index contributed by atoms with van der Waals surface area (Å²) in [6.07, 6.45) is 3.06. The SMILES string of the molecule is Cc1ccc2c(c1)C(O)(C=O)CCC2. The van der Waals surface area contributed by atoms with Crippen LogP contribution in [0, 0.1) is 6.92 Å². The Kier molecular flexibility index (Phi) is 2.16. The highest BCUT2D eigenvalue weighted by Gasteiger charge is 2.33. The number of aldehydes is 1. The van der Waals surface area contributed by atoms with Gasteiger partial charge in [0.15, 0.2) is 6.29 Å². The minimum atomic E-state index is -1.24. The van der Waals surface area contributed by atoms with Gasteiger partial charge in [0.1, 0.15) is 5.60 Å². The van der Waals surface area contributed by atoms with Crippen LogP contribution in [0.4, 0.5) is 0 Å². The molecular formula is C12H14O2. The van der Waals surface area contributed by atoms with Crippen LogP contribution in [0.1, 0.15) is 29.5 Å². The molecule has 0 radical (unpaired) electrons. The molecule has 74 valence electrons. The molecule has 0 spiro atoms. The number of rotatable bonds is 1. The third-order valence-electron chi connectivity index (χ3n) is 2.93. The van der Waals surface area contributed by atoms with Crippen molar-refractivity contribution in [2.75, 3.05) is 0 Å². The fraction of sp³-hybridized carbons (Fsp3) is 0.417. The number of hydrogen-bond donors (Lipinski definition) is 1. The van der Waals surface area contributed by atoms with Crippen LogP contribution in [0.5, 0.6) is 0 Å². The first-order chi connectivity index (χ1) is 6.65. The third kappa shape index (κ3) is 1.36. The Bertz CT molecular complexity index is 371. The molecule has 0 saturated carbocycles. The van der Waals surface area contributed by atoms with E-state index in [1.807, 2.05) is 25.1 Å². The van der Waals surface area contributed by atoms with Gasteiger partial charge in [0, 0.05) is 0 Å². The summed E-state index contributed by atoms with van der Waals surface area (Å²) >= 11 is 0.